The Morgan fingerprint density at radius 1 is 1.14 bits per heavy atom. The van der Waals surface area contributed by atoms with Crippen molar-refractivity contribution in [3.63, 3.8) is 0 Å². The lowest BCUT2D eigenvalue weighted by atomic mass is 10.1. The normalized spacial score (nSPS) is 11.9. The first kappa shape index (κ1) is 29.2. The number of methoxy groups -OCH3 is 1. The molecular formula is C29H29ClN10O3. The van der Waals surface area contributed by atoms with Crippen LogP contribution in [0, 0.1) is 13.8 Å². The van der Waals surface area contributed by atoms with E-state index in [0.717, 1.165) is 33.8 Å². The number of carbonyl (C=O) groups excluding carboxylic acids is 2. The molecule has 0 saturated carbocycles. The highest BCUT2D eigenvalue weighted by atomic mass is 35.5. The van der Waals surface area contributed by atoms with Gasteiger partial charge in [-0.1, -0.05) is 35.4 Å². The smallest absolute Gasteiger partial charge is 0.411 e. The Kier molecular flexibility index (Phi) is 8.62. The monoisotopic (exact) mass is 600 g/mol. The van der Waals surface area contributed by atoms with Gasteiger partial charge in [0, 0.05) is 42.1 Å². The average Bonchev–Trinajstić information content (AvgIpc) is 3.73. The van der Waals surface area contributed by atoms with Crippen LogP contribution in [-0.2, 0) is 23.0 Å². The highest BCUT2D eigenvalue weighted by Gasteiger charge is 2.22. The molecule has 3 heterocycles. The third kappa shape index (κ3) is 6.96. The fraction of sp³-hybridized carbons (Fsp3) is 0.207. The fourth-order valence-electron chi connectivity index (χ4n) is 4.44. The Hall–Kier alpha value is -5.30. The lowest BCUT2D eigenvalue weighted by molar-refractivity contribution is -0.117. The zero-order valence-electron chi connectivity index (χ0n) is 23.9. The van der Waals surface area contributed by atoms with Gasteiger partial charge in [0.2, 0.25) is 5.91 Å². The van der Waals surface area contributed by atoms with Crippen LogP contribution in [0.5, 0.6) is 0 Å². The van der Waals surface area contributed by atoms with Crippen molar-refractivity contribution in [2.75, 3.05) is 12.4 Å². The summed E-state index contributed by atoms with van der Waals surface area (Å²) in [7, 11) is 3.16. The van der Waals surface area contributed by atoms with Gasteiger partial charge in [-0.3, -0.25) is 14.8 Å². The molecule has 5 aromatic rings. The molecule has 13 nitrogen and oxygen atoms in total. The molecule has 0 radical (unpaired) electrons. The summed E-state index contributed by atoms with van der Waals surface area (Å²) in [4.78, 5) is 32.6. The molecule has 0 spiro atoms. The summed E-state index contributed by atoms with van der Waals surface area (Å²) in [6.45, 7) is 3.92. The summed E-state index contributed by atoms with van der Waals surface area (Å²) in [6.07, 6.45) is 4.46. The van der Waals surface area contributed by atoms with Crippen molar-refractivity contribution in [1.82, 2.24) is 45.3 Å². The largest absolute Gasteiger partial charge is 0.453 e. The maximum Gasteiger partial charge on any atom is 0.411 e. The predicted octanol–water partition coefficient (Wildman–Crippen LogP) is 4.35. The van der Waals surface area contributed by atoms with Crippen molar-refractivity contribution in [2.24, 2.45) is 7.05 Å². The fourth-order valence-corrected chi connectivity index (χ4v) is 4.69. The van der Waals surface area contributed by atoms with Crippen LogP contribution in [-0.4, -0.2) is 59.1 Å². The molecule has 220 valence electrons. The Bertz CT molecular complexity index is 1760. The number of hydrogen-bond acceptors (Lipinski definition) is 8. The molecule has 5 rings (SSSR count). The van der Waals surface area contributed by atoms with E-state index in [1.54, 1.807) is 35.0 Å². The van der Waals surface area contributed by atoms with Gasteiger partial charge in [-0.25, -0.2) is 9.78 Å². The minimum atomic E-state index is -0.575. The van der Waals surface area contributed by atoms with Crippen LogP contribution in [0.4, 0.5) is 10.5 Å². The standard InChI is InChI=1S/C29H29ClN10O3/c1-17-5-11-24(40-16-31-37-38-40)20(13-17)8-12-25(41)33-23(15-22-14-18(2)39(3)36-22)28-34-26(27(30)35-28)19-6-9-21(10-7-19)32-29(42)43-4/h5-14,16,23H,15H2,1-4H3,(H,32,42)(H,33,41)(H,34,35)/t23-/m0/s1. The van der Waals surface area contributed by atoms with Gasteiger partial charge in [0.05, 0.1) is 24.5 Å². The number of rotatable bonds is 9. The molecule has 0 aliphatic rings. The van der Waals surface area contributed by atoms with E-state index in [-0.39, 0.29) is 5.91 Å². The van der Waals surface area contributed by atoms with Crippen LogP contribution in [0.3, 0.4) is 0 Å². The quantitative estimate of drug-likeness (QED) is 0.211. The van der Waals surface area contributed by atoms with E-state index in [9.17, 15) is 9.59 Å². The highest BCUT2D eigenvalue weighted by Crippen LogP contribution is 2.29. The van der Waals surface area contributed by atoms with E-state index < -0.39 is 12.1 Å². The molecule has 3 N–H and O–H groups in total. The number of hydrogen-bond donors (Lipinski definition) is 3. The maximum atomic E-state index is 13.3. The summed E-state index contributed by atoms with van der Waals surface area (Å²) in [5.41, 5.74) is 6.06. The van der Waals surface area contributed by atoms with Gasteiger partial charge >= 0.3 is 6.09 Å². The predicted molar refractivity (Wildman–Crippen MR) is 161 cm³/mol. The molecule has 0 unspecified atom stereocenters. The molecule has 0 fully saturated rings. The molecule has 0 saturated heterocycles. The zero-order valence-corrected chi connectivity index (χ0v) is 24.6. The van der Waals surface area contributed by atoms with Crippen LogP contribution in [0.1, 0.15) is 34.4 Å². The lowest BCUT2D eigenvalue weighted by Gasteiger charge is -2.15. The Balaban J connectivity index is 1.41. The molecule has 0 aliphatic heterocycles. The molecule has 2 amide bonds. The van der Waals surface area contributed by atoms with Gasteiger partial charge in [0.15, 0.2) is 0 Å². The maximum absolute atomic E-state index is 13.3. The number of H-pyrrole nitrogens is 1. The van der Waals surface area contributed by atoms with Crippen molar-refractivity contribution in [1.29, 1.82) is 0 Å². The number of tetrazole rings is 1. The van der Waals surface area contributed by atoms with Gasteiger partial charge in [-0.2, -0.15) is 9.78 Å². The third-order valence-electron chi connectivity index (χ3n) is 6.69. The average molecular weight is 601 g/mol. The van der Waals surface area contributed by atoms with Crippen LogP contribution in [0.15, 0.2) is 60.9 Å². The van der Waals surface area contributed by atoms with Gasteiger partial charge in [0.25, 0.3) is 0 Å². The lowest BCUT2D eigenvalue weighted by Crippen LogP contribution is -2.29. The van der Waals surface area contributed by atoms with Gasteiger partial charge in [-0.15, -0.1) is 5.10 Å². The van der Waals surface area contributed by atoms with Crippen LogP contribution in [0.2, 0.25) is 5.15 Å². The minimum Gasteiger partial charge on any atom is -0.453 e. The molecular weight excluding hydrogens is 572 g/mol. The number of nitrogens with one attached hydrogen (secondary N) is 3. The Morgan fingerprint density at radius 3 is 2.60 bits per heavy atom. The van der Waals surface area contributed by atoms with E-state index in [1.165, 1.54) is 24.2 Å². The second-order valence-corrected chi connectivity index (χ2v) is 10.2. The molecule has 3 aromatic heterocycles. The van der Waals surface area contributed by atoms with Crippen molar-refractivity contribution < 1.29 is 14.3 Å². The number of aromatic nitrogens is 8. The Morgan fingerprint density at radius 2 is 1.93 bits per heavy atom. The Labute approximate surface area is 251 Å². The zero-order chi connectivity index (χ0) is 30.5. The minimum absolute atomic E-state index is 0.307. The molecule has 14 heteroatoms. The van der Waals surface area contributed by atoms with E-state index >= 15 is 0 Å². The first-order chi connectivity index (χ1) is 20.7. The number of aryl methyl sites for hydroxylation is 3. The number of halogens is 1. The molecule has 43 heavy (non-hydrogen) atoms. The number of ether oxygens (including phenoxy) is 1. The second-order valence-electron chi connectivity index (χ2n) is 9.79. The first-order valence-electron chi connectivity index (χ1n) is 13.2. The van der Waals surface area contributed by atoms with Crippen molar-refractivity contribution in [2.45, 2.75) is 26.3 Å². The third-order valence-corrected chi connectivity index (χ3v) is 6.96. The van der Waals surface area contributed by atoms with Crippen molar-refractivity contribution >= 4 is 35.4 Å². The number of imidazole rings is 1. The summed E-state index contributed by atoms with van der Waals surface area (Å²) >= 11 is 6.59. The number of carbonyl (C=O) groups is 2. The van der Waals surface area contributed by atoms with E-state index in [2.05, 4.69) is 41.0 Å². The number of amides is 2. The number of nitrogens with zero attached hydrogens (tertiary/aromatic N) is 7. The number of benzene rings is 2. The van der Waals surface area contributed by atoms with E-state index in [4.69, 9.17) is 16.6 Å². The molecule has 0 bridgehead atoms. The molecule has 2 aromatic carbocycles. The number of aromatic amines is 1. The van der Waals surface area contributed by atoms with Crippen molar-refractivity contribution in [3.05, 3.63) is 94.4 Å². The van der Waals surface area contributed by atoms with Crippen molar-refractivity contribution in [3.8, 4) is 16.9 Å². The summed E-state index contributed by atoms with van der Waals surface area (Å²) in [5.74, 6) is 0.126. The number of anilines is 1. The van der Waals surface area contributed by atoms with Gasteiger partial charge in [-0.05, 0) is 60.7 Å². The van der Waals surface area contributed by atoms with Crippen LogP contribution in [0.25, 0.3) is 23.0 Å². The summed E-state index contributed by atoms with van der Waals surface area (Å²) < 4.78 is 7.94. The first-order valence-corrected chi connectivity index (χ1v) is 13.6. The van der Waals surface area contributed by atoms with E-state index in [1.807, 2.05) is 45.2 Å². The van der Waals surface area contributed by atoms with E-state index in [0.29, 0.717) is 28.8 Å². The topological polar surface area (TPSA) is 158 Å². The highest BCUT2D eigenvalue weighted by molar-refractivity contribution is 6.31. The van der Waals surface area contributed by atoms with Crippen LogP contribution < -0.4 is 10.6 Å². The van der Waals surface area contributed by atoms with Gasteiger partial charge < -0.3 is 15.0 Å². The molecule has 0 aliphatic carbocycles. The second kappa shape index (κ2) is 12.7. The molecule has 1 atom stereocenters. The summed E-state index contributed by atoms with van der Waals surface area (Å²) in [6, 6.07) is 14.1. The van der Waals surface area contributed by atoms with Crippen LogP contribution >= 0.6 is 11.6 Å². The van der Waals surface area contributed by atoms with Gasteiger partial charge in [0.1, 0.15) is 23.0 Å². The summed E-state index contributed by atoms with van der Waals surface area (Å²) in [5, 5.41) is 21.9. The SMILES string of the molecule is COC(=O)Nc1ccc(-c2nc([C@H](Cc3cc(C)n(C)n3)NC(=O)C=Cc3cc(C)ccc3-n3cnnn3)[nH]c2Cl)cc1.